The third-order valence-corrected chi connectivity index (χ3v) is 8.33. The molecule has 0 amide bonds. The lowest BCUT2D eigenvalue weighted by molar-refractivity contribution is 0.430. The van der Waals surface area contributed by atoms with Gasteiger partial charge in [0.2, 0.25) is 5.88 Å². The Kier molecular flexibility index (Phi) is 7.27. The van der Waals surface area contributed by atoms with Gasteiger partial charge < -0.3 is 9.09 Å². The summed E-state index contributed by atoms with van der Waals surface area (Å²) in [5.74, 6) is 1.16. The zero-order valence-electron chi connectivity index (χ0n) is 21.5. The minimum atomic E-state index is -3.90. The van der Waals surface area contributed by atoms with Crippen LogP contribution in [0, 0.1) is 13.8 Å². The summed E-state index contributed by atoms with van der Waals surface area (Å²) in [5.41, 5.74) is 5.71. The number of sulfonamides is 1. The first-order valence-electron chi connectivity index (χ1n) is 12.6. The van der Waals surface area contributed by atoms with E-state index in [1.165, 1.54) is 0 Å². The highest BCUT2D eigenvalue weighted by Crippen LogP contribution is 2.31. The number of halogens is 1. The Morgan fingerprint density at radius 3 is 2.50 bits per heavy atom. The maximum absolute atomic E-state index is 13.3. The van der Waals surface area contributed by atoms with Crippen molar-refractivity contribution in [3.05, 3.63) is 94.4 Å². The van der Waals surface area contributed by atoms with E-state index in [9.17, 15) is 8.42 Å². The second-order valence-corrected chi connectivity index (χ2v) is 11.5. The van der Waals surface area contributed by atoms with Crippen molar-refractivity contribution in [2.45, 2.75) is 51.5 Å². The number of imidazole rings is 1. The van der Waals surface area contributed by atoms with Gasteiger partial charge in [-0.2, -0.15) is 0 Å². The van der Waals surface area contributed by atoms with Crippen molar-refractivity contribution in [2.75, 3.05) is 4.72 Å². The standard InChI is InChI=1S/C29H29ClN4O3S/c1-4-5-10-28-31-25-16-15-23(30)17-26(25)34(28)18-21-11-13-22(14-12-21)24-8-6-7-9-27(24)38(35,36)33-29-19(2)20(3)32-37-29/h6-9,11-17,33H,4-5,10,18H2,1-3H3. The Labute approximate surface area is 227 Å². The number of hydrogen-bond donors (Lipinski definition) is 1. The van der Waals surface area contributed by atoms with E-state index in [4.69, 9.17) is 21.1 Å². The molecule has 38 heavy (non-hydrogen) atoms. The van der Waals surface area contributed by atoms with Gasteiger partial charge in [-0.05, 0) is 55.7 Å². The first-order valence-corrected chi connectivity index (χ1v) is 14.4. The maximum atomic E-state index is 13.3. The Bertz CT molecular complexity index is 1710. The normalized spacial score (nSPS) is 11.8. The van der Waals surface area contributed by atoms with Crippen LogP contribution in [0.4, 0.5) is 5.88 Å². The maximum Gasteiger partial charge on any atom is 0.264 e. The second-order valence-electron chi connectivity index (χ2n) is 9.37. The molecule has 2 aromatic heterocycles. The molecule has 0 aliphatic rings. The van der Waals surface area contributed by atoms with Crippen LogP contribution in [0.3, 0.4) is 0 Å². The summed E-state index contributed by atoms with van der Waals surface area (Å²) in [6.07, 6.45) is 3.04. The fourth-order valence-corrected chi connectivity index (χ4v) is 5.89. The highest BCUT2D eigenvalue weighted by molar-refractivity contribution is 7.92. The van der Waals surface area contributed by atoms with Gasteiger partial charge in [0.1, 0.15) is 5.82 Å². The van der Waals surface area contributed by atoms with Gasteiger partial charge in [-0.1, -0.05) is 72.6 Å². The predicted molar refractivity (Wildman–Crippen MR) is 151 cm³/mol. The lowest BCUT2D eigenvalue weighted by Crippen LogP contribution is -2.14. The molecular weight excluding hydrogens is 520 g/mol. The minimum Gasteiger partial charge on any atom is -0.337 e. The molecule has 0 bridgehead atoms. The lowest BCUT2D eigenvalue weighted by Gasteiger charge is -2.13. The highest BCUT2D eigenvalue weighted by Gasteiger charge is 2.22. The van der Waals surface area contributed by atoms with Crippen LogP contribution in [0.2, 0.25) is 5.02 Å². The van der Waals surface area contributed by atoms with E-state index >= 15 is 0 Å². The van der Waals surface area contributed by atoms with Gasteiger partial charge in [-0.15, -0.1) is 0 Å². The first kappa shape index (κ1) is 26.0. The van der Waals surface area contributed by atoms with Crippen LogP contribution in [0.1, 0.15) is 42.4 Å². The zero-order valence-corrected chi connectivity index (χ0v) is 23.1. The third kappa shape index (κ3) is 5.19. The van der Waals surface area contributed by atoms with E-state index in [2.05, 4.69) is 21.4 Å². The molecule has 0 unspecified atom stereocenters. The van der Waals surface area contributed by atoms with Gasteiger partial charge >= 0.3 is 0 Å². The van der Waals surface area contributed by atoms with Gasteiger partial charge in [-0.25, -0.2) is 18.1 Å². The van der Waals surface area contributed by atoms with Gasteiger partial charge in [0, 0.05) is 29.1 Å². The molecule has 0 aliphatic carbocycles. The van der Waals surface area contributed by atoms with Gasteiger partial charge in [-0.3, -0.25) is 0 Å². The Balaban J connectivity index is 1.45. The minimum absolute atomic E-state index is 0.124. The largest absolute Gasteiger partial charge is 0.337 e. The van der Waals surface area contributed by atoms with E-state index in [-0.39, 0.29) is 10.8 Å². The van der Waals surface area contributed by atoms with Crippen LogP contribution in [-0.4, -0.2) is 23.1 Å². The number of unbranched alkanes of at least 4 members (excludes halogenated alkanes) is 1. The number of benzene rings is 3. The van der Waals surface area contributed by atoms with Crippen molar-refractivity contribution in [1.82, 2.24) is 14.7 Å². The van der Waals surface area contributed by atoms with Crippen molar-refractivity contribution in [1.29, 1.82) is 0 Å². The Morgan fingerprint density at radius 1 is 1.03 bits per heavy atom. The molecule has 0 fully saturated rings. The smallest absolute Gasteiger partial charge is 0.264 e. The summed E-state index contributed by atoms with van der Waals surface area (Å²) in [7, 11) is -3.90. The monoisotopic (exact) mass is 548 g/mol. The molecule has 196 valence electrons. The summed E-state index contributed by atoms with van der Waals surface area (Å²) in [5, 5.41) is 4.52. The molecule has 0 saturated carbocycles. The van der Waals surface area contributed by atoms with E-state index in [0.29, 0.717) is 28.4 Å². The average Bonchev–Trinajstić information content (AvgIpc) is 3.41. The molecule has 9 heteroatoms. The topological polar surface area (TPSA) is 90.0 Å². The molecule has 3 aromatic carbocycles. The average molecular weight is 549 g/mol. The van der Waals surface area contributed by atoms with Crippen LogP contribution >= 0.6 is 11.6 Å². The highest BCUT2D eigenvalue weighted by atomic mass is 35.5. The number of nitrogens with zero attached hydrogens (tertiary/aromatic N) is 3. The molecule has 5 rings (SSSR count). The quantitative estimate of drug-likeness (QED) is 0.211. The number of anilines is 1. The molecular formula is C29H29ClN4O3S. The van der Waals surface area contributed by atoms with E-state index in [1.54, 1.807) is 32.0 Å². The summed E-state index contributed by atoms with van der Waals surface area (Å²) in [6.45, 7) is 6.34. The molecule has 0 atom stereocenters. The van der Waals surface area contributed by atoms with Gasteiger partial charge in [0.25, 0.3) is 10.0 Å². The van der Waals surface area contributed by atoms with Crippen molar-refractivity contribution in [3.63, 3.8) is 0 Å². The van der Waals surface area contributed by atoms with Crippen LogP contribution in [0.25, 0.3) is 22.2 Å². The predicted octanol–water partition coefficient (Wildman–Crippen LogP) is 7.15. The fourth-order valence-electron chi connectivity index (χ4n) is 4.45. The second kappa shape index (κ2) is 10.6. The number of nitrogens with one attached hydrogen (secondary N) is 1. The Morgan fingerprint density at radius 2 is 1.79 bits per heavy atom. The van der Waals surface area contributed by atoms with Crippen molar-refractivity contribution in [2.24, 2.45) is 0 Å². The summed E-state index contributed by atoms with van der Waals surface area (Å²) in [4.78, 5) is 5.02. The van der Waals surface area contributed by atoms with Gasteiger partial charge in [0.15, 0.2) is 0 Å². The summed E-state index contributed by atoms with van der Waals surface area (Å²) >= 11 is 6.30. The molecule has 0 radical (unpaired) electrons. The van der Waals surface area contributed by atoms with Crippen molar-refractivity contribution < 1.29 is 12.9 Å². The lowest BCUT2D eigenvalue weighted by atomic mass is 10.0. The molecule has 0 spiro atoms. The molecule has 0 aliphatic heterocycles. The van der Waals surface area contributed by atoms with Crippen molar-refractivity contribution in [3.8, 4) is 11.1 Å². The first-order chi connectivity index (χ1) is 18.3. The van der Waals surface area contributed by atoms with Crippen LogP contribution < -0.4 is 4.72 Å². The number of aromatic nitrogens is 3. The SMILES string of the molecule is CCCCc1nc2ccc(Cl)cc2n1Cc1ccc(-c2ccccc2S(=O)(=O)Nc2onc(C)c2C)cc1. The van der Waals surface area contributed by atoms with E-state index in [1.807, 2.05) is 48.5 Å². The molecule has 1 N–H and O–H groups in total. The van der Waals surface area contributed by atoms with Crippen LogP contribution in [-0.2, 0) is 23.0 Å². The summed E-state index contributed by atoms with van der Waals surface area (Å²) in [6, 6.07) is 20.7. The number of hydrogen-bond acceptors (Lipinski definition) is 5. The number of fused-ring (bicyclic) bond motifs is 1. The van der Waals surface area contributed by atoms with E-state index in [0.717, 1.165) is 47.2 Å². The Hall–Kier alpha value is -3.62. The molecule has 7 nitrogen and oxygen atoms in total. The molecule has 0 saturated heterocycles. The molecule has 2 heterocycles. The van der Waals surface area contributed by atoms with Crippen LogP contribution in [0.5, 0.6) is 0 Å². The van der Waals surface area contributed by atoms with E-state index < -0.39 is 10.0 Å². The number of rotatable bonds is 9. The van der Waals surface area contributed by atoms with Crippen molar-refractivity contribution >= 4 is 38.5 Å². The third-order valence-electron chi connectivity index (χ3n) is 6.71. The fraction of sp³-hybridized carbons (Fsp3) is 0.241. The van der Waals surface area contributed by atoms with Crippen LogP contribution in [0.15, 0.2) is 76.1 Å². The van der Waals surface area contributed by atoms with Gasteiger partial charge in [0.05, 0.1) is 21.6 Å². The summed E-state index contributed by atoms with van der Waals surface area (Å²) < 4.78 is 36.5. The zero-order chi connectivity index (χ0) is 26.9. The molecule has 5 aromatic rings. The number of aryl methyl sites for hydroxylation is 2.